The molecule has 0 spiro atoms. The first-order valence-electron chi connectivity index (χ1n) is 2.67. The van der Waals surface area contributed by atoms with Crippen LogP contribution in [0.25, 0.3) is 0 Å². The van der Waals surface area contributed by atoms with E-state index in [0.717, 1.165) is 0 Å². The summed E-state index contributed by atoms with van der Waals surface area (Å²) in [6.45, 7) is 0. The highest BCUT2D eigenvalue weighted by Crippen LogP contribution is 2.26. The molecule has 0 saturated carbocycles. The second-order valence-corrected chi connectivity index (χ2v) is 2.85. The van der Waals surface area contributed by atoms with E-state index in [2.05, 4.69) is 25.9 Å². The topological polar surface area (TPSA) is 61.0 Å². The Bertz CT molecular complexity index is 257. The van der Waals surface area contributed by atoms with Crippen LogP contribution in [-0.4, -0.2) is 17.1 Å². The van der Waals surface area contributed by atoms with Crippen molar-refractivity contribution in [3.8, 4) is 6.01 Å². The molecular weight excluding hydrogens is 233 g/mol. The molecular formula is C5H5BrClN3O. The molecule has 0 radical (unpaired) electrons. The molecule has 0 atom stereocenters. The maximum atomic E-state index is 5.64. The lowest BCUT2D eigenvalue weighted by Gasteiger charge is -2.01. The number of methoxy groups -OCH3 is 1. The van der Waals surface area contributed by atoms with E-state index in [4.69, 9.17) is 22.1 Å². The third-order valence-electron chi connectivity index (χ3n) is 0.998. The lowest BCUT2D eigenvalue weighted by atomic mass is 10.6. The molecule has 0 bridgehead atoms. The Balaban J connectivity index is 3.21. The van der Waals surface area contributed by atoms with Crippen molar-refractivity contribution in [2.75, 3.05) is 12.8 Å². The van der Waals surface area contributed by atoms with Crippen LogP contribution >= 0.6 is 27.5 Å². The molecule has 1 rings (SSSR count). The van der Waals surface area contributed by atoms with Crippen LogP contribution in [0, 0.1) is 0 Å². The van der Waals surface area contributed by atoms with Crippen LogP contribution in [0.5, 0.6) is 6.01 Å². The van der Waals surface area contributed by atoms with Gasteiger partial charge in [0.05, 0.1) is 11.6 Å². The fourth-order valence-electron chi connectivity index (χ4n) is 0.507. The zero-order valence-electron chi connectivity index (χ0n) is 5.64. The molecule has 0 aliphatic rings. The summed E-state index contributed by atoms with van der Waals surface area (Å²) < 4.78 is 5.21. The van der Waals surface area contributed by atoms with Crippen LogP contribution in [0.15, 0.2) is 4.47 Å². The fraction of sp³-hybridized carbons (Fsp3) is 0.200. The van der Waals surface area contributed by atoms with E-state index in [-0.39, 0.29) is 17.0 Å². The molecule has 0 aliphatic heterocycles. The van der Waals surface area contributed by atoms with Gasteiger partial charge in [-0.05, 0) is 15.9 Å². The summed E-state index contributed by atoms with van der Waals surface area (Å²) in [4.78, 5) is 7.52. The summed E-state index contributed by atoms with van der Waals surface area (Å²) >= 11 is 8.74. The standard InChI is InChI=1S/C5H5BrClN3O/c1-11-5-9-3(7)2(6)4(8)10-5/h1H3,(H2,8,9,10). The SMILES string of the molecule is COc1nc(N)c(Br)c(Cl)n1. The van der Waals surface area contributed by atoms with Gasteiger partial charge in [-0.2, -0.15) is 9.97 Å². The monoisotopic (exact) mass is 237 g/mol. The summed E-state index contributed by atoms with van der Waals surface area (Å²) in [5.41, 5.74) is 5.43. The zero-order valence-corrected chi connectivity index (χ0v) is 7.98. The van der Waals surface area contributed by atoms with E-state index < -0.39 is 0 Å². The molecule has 0 aromatic carbocycles. The minimum atomic E-state index is 0.163. The average Bonchev–Trinajstić information content (AvgIpc) is 1.99. The quantitative estimate of drug-likeness (QED) is 0.753. The molecule has 1 heterocycles. The number of nitrogen functional groups attached to an aromatic ring is 1. The molecule has 0 amide bonds. The number of hydrogen-bond donors (Lipinski definition) is 1. The van der Waals surface area contributed by atoms with Crippen molar-refractivity contribution in [2.24, 2.45) is 0 Å². The molecule has 2 N–H and O–H groups in total. The molecule has 6 heteroatoms. The molecule has 1 aromatic rings. The van der Waals surface area contributed by atoms with Crippen molar-refractivity contribution >= 4 is 33.3 Å². The molecule has 0 saturated heterocycles. The van der Waals surface area contributed by atoms with Gasteiger partial charge in [0.25, 0.3) is 0 Å². The Morgan fingerprint density at radius 3 is 2.64 bits per heavy atom. The van der Waals surface area contributed by atoms with Gasteiger partial charge >= 0.3 is 6.01 Å². The van der Waals surface area contributed by atoms with Gasteiger partial charge in [0.1, 0.15) is 5.82 Å². The summed E-state index contributed by atoms with van der Waals surface area (Å²) in [5.74, 6) is 0.266. The number of anilines is 1. The van der Waals surface area contributed by atoms with Crippen molar-refractivity contribution in [2.45, 2.75) is 0 Å². The van der Waals surface area contributed by atoms with Gasteiger partial charge < -0.3 is 10.5 Å². The molecule has 4 nitrogen and oxygen atoms in total. The summed E-state index contributed by atoms with van der Waals surface area (Å²) in [6, 6.07) is 0.163. The Morgan fingerprint density at radius 1 is 1.55 bits per heavy atom. The number of nitrogens with zero attached hydrogens (tertiary/aromatic N) is 2. The predicted octanol–water partition coefficient (Wildman–Crippen LogP) is 1.48. The number of aromatic nitrogens is 2. The second-order valence-electron chi connectivity index (χ2n) is 1.70. The smallest absolute Gasteiger partial charge is 0.319 e. The summed E-state index contributed by atoms with van der Waals surface area (Å²) in [7, 11) is 1.44. The van der Waals surface area contributed by atoms with Gasteiger partial charge in [0.15, 0.2) is 5.15 Å². The highest BCUT2D eigenvalue weighted by atomic mass is 79.9. The maximum absolute atomic E-state index is 5.64. The molecule has 1 aromatic heterocycles. The molecule has 0 fully saturated rings. The number of halogens is 2. The van der Waals surface area contributed by atoms with Crippen molar-refractivity contribution in [3.05, 3.63) is 9.63 Å². The van der Waals surface area contributed by atoms with Gasteiger partial charge in [0, 0.05) is 0 Å². The predicted molar refractivity (Wildman–Crippen MR) is 45.7 cm³/mol. The summed E-state index contributed by atoms with van der Waals surface area (Å²) in [5, 5.41) is 0.245. The van der Waals surface area contributed by atoms with Crippen LogP contribution in [0.1, 0.15) is 0 Å². The third-order valence-corrected chi connectivity index (χ3v) is 2.28. The molecule has 0 aliphatic carbocycles. The average molecular weight is 238 g/mol. The highest BCUT2D eigenvalue weighted by Gasteiger charge is 2.07. The van der Waals surface area contributed by atoms with Gasteiger partial charge in [-0.3, -0.25) is 0 Å². The van der Waals surface area contributed by atoms with Crippen LogP contribution in [0.2, 0.25) is 5.15 Å². The van der Waals surface area contributed by atoms with Gasteiger partial charge in [-0.25, -0.2) is 0 Å². The Labute approximate surface area is 76.9 Å². The number of hydrogen-bond acceptors (Lipinski definition) is 4. The Kier molecular flexibility index (Phi) is 2.51. The van der Waals surface area contributed by atoms with Gasteiger partial charge in [0.2, 0.25) is 0 Å². The number of rotatable bonds is 1. The minimum absolute atomic E-state index is 0.163. The van der Waals surface area contributed by atoms with E-state index in [1.54, 1.807) is 0 Å². The molecule has 11 heavy (non-hydrogen) atoms. The molecule has 60 valence electrons. The van der Waals surface area contributed by atoms with Crippen molar-refractivity contribution in [3.63, 3.8) is 0 Å². The fourth-order valence-corrected chi connectivity index (χ4v) is 0.854. The lowest BCUT2D eigenvalue weighted by molar-refractivity contribution is 0.380. The first-order chi connectivity index (χ1) is 5.15. The molecule has 0 unspecified atom stereocenters. The van der Waals surface area contributed by atoms with E-state index in [1.165, 1.54) is 7.11 Å². The largest absolute Gasteiger partial charge is 0.467 e. The zero-order chi connectivity index (χ0) is 8.43. The first-order valence-corrected chi connectivity index (χ1v) is 3.84. The van der Waals surface area contributed by atoms with Crippen LogP contribution < -0.4 is 10.5 Å². The van der Waals surface area contributed by atoms with Crippen LogP contribution in [0.4, 0.5) is 5.82 Å². The lowest BCUT2D eigenvalue weighted by Crippen LogP contribution is -1.98. The third kappa shape index (κ3) is 1.72. The minimum Gasteiger partial charge on any atom is -0.467 e. The first kappa shape index (κ1) is 8.55. The second kappa shape index (κ2) is 3.23. The van der Waals surface area contributed by atoms with Gasteiger partial charge in [-0.1, -0.05) is 11.6 Å². The van der Waals surface area contributed by atoms with E-state index >= 15 is 0 Å². The van der Waals surface area contributed by atoms with Crippen LogP contribution in [-0.2, 0) is 0 Å². The van der Waals surface area contributed by atoms with Crippen molar-refractivity contribution < 1.29 is 4.74 Å². The highest BCUT2D eigenvalue weighted by molar-refractivity contribution is 9.10. The summed E-state index contributed by atoms with van der Waals surface area (Å²) in [6.07, 6.45) is 0. The van der Waals surface area contributed by atoms with E-state index in [0.29, 0.717) is 4.47 Å². The van der Waals surface area contributed by atoms with Crippen molar-refractivity contribution in [1.29, 1.82) is 0 Å². The number of ether oxygens (including phenoxy) is 1. The Hall–Kier alpha value is -0.550. The van der Waals surface area contributed by atoms with E-state index in [1.807, 2.05) is 0 Å². The van der Waals surface area contributed by atoms with Gasteiger partial charge in [-0.15, -0.1) is 0 Å². The van der Waals surface area contributed by atoms with Crippen molar-refractivity contribution in [1.82, 2.24) is 9.97 Å². The number of nitrogens with two attached hydrogens (primary N) is 1. The maximum Gasteiger partial charge on any atom is 0.319 e. The normalized spacial score (nSPS) is 9.73. The van der Waals surface area contributed by atoms with Crippen LogP contribution in [0.3, 0.4) is 0 Å². The van der Waals surface area contributed by atoms with E-state index in [9.17, 15) is 0 Å². The Morgan fingerprint density at radius 2 is 2.18 bits per heavy atom.